The standard InChI is InChI=1S/C15H18ClN3O2S/c1-10(2)21-13-9-11(5-6-12(13)16)17-14-18-7-3-4-8-19(18)15(20)22-14/h5-6,9-10H,3-4,7-8H2,1-2H3. The Labute approximate surface area is 137 Å². The van der Waals surface area contributed by atoms with Gasteiger partial charge in [0, 0.05) is 19.2 Å². The van der Waals surface area contributed by atoms with Crippen LogP contribution in [0.15, 0.2) is 28.0 Å². The van der Waals surface area contributed by atoms with E-state index in [1.807, 2.05) is 30.7 Å². The molecule has 7 heteroatoms. The Balaban J connectivity index is 2.04. The van der Waals surface area contributed by atoms with Crippen LogP contribution >= 0.6 is 22.9 Å². The molecule has 118 valence electrons. The van der Waals surface area contributed by atoms with Crippen LogP contribution in [0.25, 0.3) is 0 Å². The first kappa shape index (κ1) is 15.4. The summed E-state index contributed by atoms with van der Waals surface area (Å²) in [5.41, 5.74) is 0.739. The molecule has 3 rings (SSSR count). The normalized spacial score (nSPS) is 15.2. The highest BCUT2D eigenvalue weighted by atomic mass is 35.5. The van der Waals surface area contributed by atoms with E-state index in [-0.39, 0.29) is 11.0 Å². The van der Waals surface area contributed by atoms with E-state index >= 15 is 0 Å². The molecule has 0 atom stereocenters. The topological polar surface area (TPSA) is 48.5 Å². The predicted molar refractivity (Wildman–Crippen MR) is 88.2 cm³/mol. The Morgan fingerprint density at radius 3 is 2.73 bits per heavy atom. The molecule has 1 aromatic heterocycles. The van der Waals surface area contributed by atoms with Crippen LogP contribution in [-0.2, 0) is 13.1 Å². The largest absolute Gasteiger partial charge is 0.489 e. The van der Waals surface area contributed by atoms with Crippen LogP contribution in [0.1, 0.15) is 26.7 Å². The molecule has 0 saturated heterocycles. The first-order valence-corrected chi connectivity index (χ1v) is 8.56. The molecule has 2 heterocycles. The summed E-state index contributed by atoms with van der Waals surface area (Å²) < 4.78 is 9.42. The van der Waals surface area contributed by atoms with Gasteiger partial charge in [0.1, 0.15) is 5.75 Å². The van der Waals surface area contributed by atoms with Crippen molar-refractivity contribution in [2.24, 2.45) is 4.99 Å². The molecule has 5 nitrogen and oxygen atoms in total. The van der Waals surface area contributed by atoms with Gasteiger partial charge in [-0.3, -0.25) is 9.48 Å². The van der Waals surface area contributed by atoms with Gasteiger partial charge in [0.25, 0.3) is 0 Å². The van der Waals surface area contributed by atoms with E-state index in [2.05, 4.69) is 4.99 Å². The molecule has 0 unspecified atom stereocenters. The van der Waals surface area contributed by atoms with E-state index in [4.69, 9.17) is 16.3 Å². The van der Waals surface area contributed by atoms with Crippen molar-refractivity contribution in [2.45, 2.75) is 45.9 Å². The minimum Gasteiger partial charge on any atom is -0.489 e. The minimum absolute atomic E-state index is 0.0421. The lowest BCUT2D eigenvalue weighted by molar-refractivity contribution is 0.242. The number of benzene rings is 1. The van der Waals surface area contributed by atoms with Gasteiger partial charge in [-0.15, -0.1) is 0 Å². The van der Waals surface area contributed by atoms with Crippen molar-refractivity contribution >= 4 is 28.6 Å². The lowest BCUT2D eigenvalue weighted by Gasteiger charge is -2.15. The number of hydrogen-bond acceptors (Lipinski definition) is 4. The number of halogens is 1. The Bertz CT molecular complexity index is 804. The summed E-state index contributed by atoms with van der Waals surface area (Å²) in [6.07, 6.45) is 2.16. The third-order valence-electron chi connectivity index (χ3n) is 3.39. The second-order valence-electron chi connectivity index (χ2n) is 5.50. The second kappa shape index (κ2) is 6.30. The zero-order valence-corrected chi connectivity index (χ0v) is 14.2. The van der Waals surface area contributed by atoms with Crippen molar-refractivity contribution in [3.63, 3.8) is 0 Å². The molecule has 1 aliphatic rings. The number of ether oxygens (including phenoxy) is 1. The molecule has 1 aliphatic heterocycles. The molecule has 0 fully saturated rings. The van der Waals surface area contributed by atoms with Crippen molar-refractivity contribution in [3.05, 3.63) is 37.7 Å². The molecule has 0 N–H and O–H groups in total. The van der Waals surface area contributed by atoms with E-state index in [1.54, 1.807) is 10.7 Å². The quantitative estimate of drug-likeness (QED) is 0.862. The monoisotopic (exact) mass is 339 g/mol. The van der Waals surface area contributed by atoms with Gasteiger partial charge in [0.05, 0.1) is 16.8 Å². The maximum absolute atomic E-state index is 12.0. The molecule has 1 aromatic carbocycles. The van der Waals surface area contributed by atoms with Crippen LogP contribution in [0.4, 0.5) is 5.69 Å². The van der Waals surface area contributed by atoms with Gasteiger partial charge in [0.15, 0.2) is 0 Å². The SMILES string of the molecule is CC(C)Oc1cc(N=c2sc(=O)n3n2CCCC3)ccc1Cl. The molecule has 0 saturated carbocycles. The van der Waals surface area contributed by atoms with Crippen LogP contribution < -0.4 is 14.4 Å². The molecular formula is C15H18ClN3O2S. The number of hydrogen-bond donors (Lipinski definition) is 0. The van der Waals surface area contributed by atoms with Crippen LogP contribution in [0, 0.1) is 0 Å². The fourth-order valence-electron chi connectivity index (χ4n) is 2.43. The third-order valence-corrected chi connectivity index (χ3v) is 4.58. The molecule has 0 spiro atoms. The molecule has 22 heavy (non-hydrogen) atoms. The van der Waals surface area contributed by atoms with Gasteiger partial charge < -0.3 is 4.74 Å². The third kappa shape index (κ3) is 3.13. The summed E-state index contributed by atoms with van der Waals surface area (Å²) in [7, 11) is 0. The fraction of sp³-hybridized carbons (Fsp3) is 0.467. The Hall–Kier alpha value is -1.53. The average Bonchev–Trinajstić information content (AvgIpc) is 2.79. The van der Waals surface area contributed by atoms with Gasteiger partial charge in [-0.25, -0.2) is 9.67 Å². The molecule has 0 radical (unpaired) electrons. The van der Waals surface area contributed by atoms with E-state index < -0.39 is 0 Å². The van der Waals surface area contributed by atoms with Crippen molar-refractivity contribution < 1.29 is 4.74 Å². The number of aromatic nitrogens is 2. The highest BCUT2D eigenvalue weighted by molar-refractivity contribution is 7.06. The minimum atomic E-state index is 0.0421. The van der Waals surface area contributed by atoms with Gasteiger partial charge in [-0.1, -0.05) is 11.6 Å². The van der Waals surface area contributed by atoms with Crippen molar-refractivity contribution in [2.75, 3.05) is 0 Å². The Morgan fingerprint density at radius 2 is 2.00 bits per heavy atom. The molecule has 0 amide bonds. The first-order valence-electron chi connectivity index (χ1n) is 7.36. The van der Waals surface area contributed by atoms with Gasteiger partial charge >= 0.3 is 4.87 Å². The zero-order valence-electron chi connectivity index (χ0n) is 12.6. The molecule has 0 aliphatic carbocycles. The number of rotatable bonds is 3. The van der Waals surface area contributed by atoms with Gasteiger partial charge in [0.2, 0.25) is 4.80 Å². The van der Waals surface area contributed by atoms with Crippen molar-refractivity contribution in [3.8, 4) is 5.75 Å². The summed E-state index contributed by atoms with van der Waals surface area (Å²) in [4.78, 5) is 17.4. The summed E-state index contributed by atoms with van der Waals surface area (Å²) in [6, 6.07) is 5.42. The summed E-state index contributed by atoms with van der Waals surface area (Å²) in [5, 5.41) is 0.562. The molecule has 0 bridgehead atoms. The van der Waals surface area contributed by atoms with E-state index in [1.165, 1.54) is 11.3 Å². The molecular weight excluding hydrogens is 322 g/mol. The summed E-state index contributed by atoms with van der Waals surface area (Å²) >= 11 is 7.32. The van der Waals surface area contributed by atoms with Crippen molar-refractivity contribution in [1.82, 2.24) is 9.36 Å². The van der Waals surface area contributed by atoms with Crippen LogP contribution in [0.3, 0.4) is 0 Å². The molecule has 2 aromatic rings. The van der Waals surface area contributed by atoms with Crippen LogP contribution in [0.2, 0.25) is 5.02 Å². The lowest BCUT2D eigenvalue weighted by Crippen LogP contribution is -2.31. The van der Waals surface area contributed by atoms with Gasteiger partial charge in [-0.05, 0) is 50.2 Å². The smallest absolute Gasteiger partial charge is 0.325 e. The fourth-order valence-corrected chi connectivity index (χ4v) is 3.49. The maximum atomic E-state index is 12.0. The maximum Gasteiger partial charge on any atom is 0.325 e. The zero-order chi connectivity index (χ0) is 15.7. The Kier molecular flexibility index (Phi) is 4.40. The van der Waals surface area contributed by atoms with Crippen LogP contribution in [-0.4, -0.2) is 15.5 Å². The number of nitrogens with zero attached hydrogens (tertiary/aromatic N) is 3. The van der Waals surface area contributed by atoms with E-state index in [9.17, 15) is 4.79 Å². The highest BCUT2D eigenvalue weighted by Gasteiger charge is 2.13. The predicted octanol–water partition coefficient (Wildman–Crippen LogP) is 3.18. The van der Waals surface area contributed by atoms with Crippen LogP contribution in [0.5, 0.6) is 5.75 Å². The van der Waals surface area contributed by atoms with Crippen molar-refractivity contribution in [1.29, 1.82) is 0 Å². The summed E-state index contributed by atoms with van der Waals surface area (Å²) in [6.45, 7) is 5.51. The second-order valence-corrected chi connectivity index (χ2v) is 6.82. The van der Waals surface area contributed by atoms with E-state index in [0.29, 0.717) is 10.8 Å². The average molecular weight is 340 g/mol. The summed E-state index contributed by atoms with van der Waals surface area (Å²) in [5.74, 6) is 0.614. The Morgan fingerprint density at radius 1 is 1.27 bits per heavy atom. The lowest BCUT2D eigenvalue weighted by atomic mass is 10.3. The van der Waals surface area contributed by atoms with E-state index in [0.717, 1.165) is 36.4 Å². The number of fused-ring (bicyclic) bond motifs is 1. The first-order chi connectivity index (χ1) is 10.5. The highest BCUT2D eigenvalue weighted by Crippen LogP contribution is 2.29. The van der Waals surface area contributed by atoms with Gasteiger partial charge in [-0.2, -0.15) is 0 Å².